The number of hydrogen-bond acceptors (Lipinski definition) is 4. The Bertz CT molecular complexity index is 352. The average Bonchev–Trinajstić information content (AvgIpc) is 2.36. The first-order valence-electron chi connectivity index (χ1n) is 7.10. The van der Waals surface area contributed by atoms with Crippen molar-refractivity contribution < 1.29 is 5.11 Å². The Morgan fingerprint density at radius 2 is 1.94 bits per heavy atom. The molecule has 0 amide bonds. The Labute approximate surface area is 109 Å². The molecule has 0 unspecified atom stereocenters. The first kappa shape index (κ1) is 11.9. The van der Waals surface area contributed by atoms with E-state index in [2.05, 4.69) is 15.5 Å². The number of nitrogens with one attached hydrogen (secondary N) is 2. The third-order valence-electron chi connectivity index (χ3n) is 4.37. The molecule has 0 spiro atoms. The number of hydrogen-bond donors (Lipinski definition) is 3. The van der Waals surface area contributed by atoms with Gasteiger partial charge in [-0.15, -0.1) is 0 Å². The summed E-state index contributed by atoms with van der Waals surface area (Å²) < 4.78 is 0. The van der Waals surface area contributed by atoms with Crippen LogP contribution < -0.4 is 10.6 Å². The van der Waals surface area contributed by atoms with Gasteiger partial charge in [0.2, 0.25) is 0 Å². The number of nitrogens with zero attached hydrogens (tertiary/aromatic N) is 1. The van der Waals surface area contributed by atoms with E-state index in [1.807, 2.05) is 6.08 Å². The number of rotatable bonds is 3. The van der Waals surface area contributed by atoms with Crippen LogP contribution in [0.4, 0.5) is 0 Å². The van der Waals surface area contributed by atoms with E-state index in [1.165, 1.54) is 51.1 Å². The lowest BCUT2D eigenvalue weighted by Crippen LogP contribution is -2.49. The Kier molecular flexibility index (Phi) is 3.46. The zero-order valence-corrected chi connectivity index (χ0v) is 10.9. The summed E-state index contributed by atoms with van der Waals surface area (Å²) in [6.45, 7) is 5.58. The summed E-state index contributed by atoms with van der Waals surface area (Å²) in [5.41, 5.74) is 1.31. The number of aliphatic hydroxyl groups excluding tert-OH is 1. The van der Waals surface area contributed by atoms with Crippen LogP contribution in [0.15, 0.2) is 23.7 Å². The molecule has 2 fully saturated rings. The second kappa shape index (κ2) is 5.22. The first-order chi connectivity index (χ1) is 8.81. The SMILES string of the molecule is OC1=CC=C(N2CC(CC3CCNCC3)C2)CN1. The Morgan fingerprint density at radius 1 is 1.17 bits per heavy atom. The molecule has 0 aromatic rings. The summed E-state index contributed by atoms with van der Waals surface area (Å²) >= 11 is 0. The Hall–Kier alpha value is -1.16. The Balaban J connectivity index is 1.43. The molecule has 0 saturated carbocycles. The van der Waals surface area contributed by atoms with Crippen LogP contribution in [0.2, 0.25) is 0 Å². The molecule has 0 radical (unpaired) electrons. The Morgan fingerprint density at radius 3 is 2.61 bits per heavy atom. The maximum absolute atomic E-state index is 9.25. The van der Waals surface area contributed by atoms with E-state index in [1.54, 1.807) is 6.08 Å². The van der Waals surface area contributed by atoms with Gasteiger partial charge in [0.25, 0.3) is 0 Å². The van der Waals surface area contributed by atoms with Gasteiger partial charge in [-0.25, -0.2) is 0 Å². The molecule has 2 saturated heterocycles. The smallest absolute Gasteiger partial charge is 0.184 e. The van der Waals surface area contributed by atoms with Crippen molar-refractivity contribution in [2.75, 3.05) is 32.7 Å². The molecule has 3 aliphatic heterocycles. The highest BCUT2D eigenvalue weighted by Crippen LogP contribution is 2.30. The third kappa shape index (κ3) is 2.64. The predicted octanol–water partition coefficient (Wildman–Crippen LogP) is 1.19. The highest BCUT2D eigenvalue weighted by atomic mass is 16.3. The van der Waals surface area contributed by atoms with Crippen LogP contribution in [-0.4, -0.2) is 42.7 Å². The number of likely N-dealkylation sites (tertiary alicyclic amines) is 1. The summed E-state index contributed by atoms with van der Waals surface area (Å²) in [5, 5.41) is 15.7. The second-order valence-electron chi connectivity index (χ2n) is 5.76. The van der Waals surface area contributed by atoms with Crippen molar-refractivity contribution in [3.05, 3.63) is 23.7 Å². The minimum atomic E-state index is 0.283. The summed E-state index contributed by atoms with van der Waals surface area (Å²) in [6.07, 6.45) is 7.90. The van der Waals surface area contributed by atoms with Gasteiger partial charge in [0.15, 0.2) is 5.88 Å². The van der Waals surface area contributed by atoms with Gasteiger partial charge in [0.05, 0.1) is 6.54 Å². The molecule has 0 bridgehead atoms. The van der Waals surface area contributed by atoms with Crippen molar-refractivity contribution in [1.82, 2.24) is 15.5 Å². The van der Waals surface area contributed by atoms with Crippen LogP contribution >= 0.6 is 0 Å². The molecule has 0 aromatic heterocycles. The number of aliphatic hydroxyl groups is 1. The number of dihydropyridines is 1. The molecular weight excluding hydrogens is 226 g/mol. The lowest BCUT2D eigenvalue weighted by atomic mass is 9.84. The molecule has 3 rings (SSSR count). The average molecular weight is 249 g/mol. The van der Waals surface area contributed by atoms with E-state index >= 15 is 0 Å². The van der Waals surface area contributed by atoms with Gasteiger partial charge in [-0.2, -0.15) is 0 Å². The maximum Gasteiger partial charge on any atom is 0.184 e. The highest BCUT2D eigenvalue weighted by molar-refractivity contribution is 5.21. The zero-order valence-electron chi connectivity index (χ0n) is 10.9. The first-order valence-corrected chi connectivity index (χ1v) is 7.10. The zero-order chi connectivity index (χ0) is 12.4. The molecule has 4 heteroatoms. The number of piperidine rings is 1. The monoisotopic (exact) mass is 249 g/mol. The van der Waals surface area contributed by atoms with Crippen molar-refractivity contribution in [3.8, 4) is 0 Å². The van der Waals surface area contributed by atoms with Crippen molar-refractivity contribution in [1.29, 1.82) is 0 Å². The highest BCUT2D eigenvalue weighted by Gasteiger charge is 2.30. The van der Waals surface area contributed by atoms with Gasteiger partial charge >= 0.3 is 0 Å². The van der Waals surface area contributed by atoms with Crippen molar-refractivity contribution in [2.45, 2.75) is 19.3 Å². The van der Waals surface area contributed by atoms with Crippen molar-refractivity contribution in [3.63, 3.8) is 0 Å². The van der Waals surface area contributed by atoms with Crippen LogP contribution in [-0.2, 0) is 0 Å². The van der Waals surface area contributed by atoms with Gasteiger partial charge in [0.1, 0.15) is 0 Å². The second-order valence-corrected chi connectivity index (χ2v) is 5.76. The topological polar surface area (TPSA) is 47.5 Å². The molecule has 4 nitrogen and oxygen atoms in total. The fraction of sp³-hybridized carbons (Fsp3) is 0.714. The van der Waals surface area contributed by atoms with Gasteiger partial charge in [-0.05, 0) is 56.3 Å². The van der Waals surface area contributed by atoms with Crippen LogP contribution in [0.3, 0.4) is 0 Å². The van der Waals surface area contributed by atoms with E-state index in [-0.39, 0.29) is 5.88 Å². The molecule has 3 N–H and O–H groups in total. The third-order valence-corrected chi connectivity index (χ3v) is 4.37. The van der Waals surface area contributed by atoms with Crippen LogP contribution in [0.5, 0.6) is 0 Å². The lowest BCUT2D eigenvalue weighted by molar-refractivity contribution is 0.108. The molecule has 3 aliphatic rings. The van der Waals surface area contributed by atoms with Crippen LogP contribution in [0.25, 0.3) is 0 Å². The molecule has 18 heavy (non-hydrogen) atoms. The molecular formula is C14H23N3O. The molecule has 3 heterocycles. The minimum Gasteiger partial charge on any atom is -0.495 e. The molecule has 0 atom stereocenters. The predicted molar refractivity (Wildman–Crippen MR) is 72.1 cm³/mol. The van der Waals surface area contributed by atoms with Gasteiger partial charge in [0, 0.05) is 18.8 Å². The fourth-order valence-corrected chi connectivity index (χ4v) is 3.23. The summed E-state index contributed by atoms with van der Waals surface area (Å²) in [6, 6.07) is 0. The number of allylic oxidation sites excluding steroid dienone is 2. The molecule has 0 aromatic carbocycles. The van der Waals surface area contributed by atoms with Gasteiger partial charge in [-0.1, -0.05) is 0 Å². The van der Waals surface area contributed by atoms with E-state index in [0.717, 1.165) is 18.4 Å². The van der Waals surface area contributed by atoms with Gasteiger partial charge in [-0.3, -0.25) is 0 Å². The van der Waals surface area contributed by atoms with Crippen LogP contribution in [0.1, 0.15) is 19.3 Å². The standard InChI is InChI=1S/C14H23N3O/c18-14-2-1-13(8-16-14)17-9-12(10-17)7-11-3-5-15-6-4-11/h1-2,11-12,15-16,18H,3-10H2. The summed E-state index contributed by atoms with van der Waals surface area (Å²) in [7, 11) is 0. The lowest BCUT2D eigenvalue weighted by Gasteiger charge is -2.44. The van der Waals surface area contributed by atoms with Crippen molar-refractivity contribution >= 4 is 0 Å². The van der Waals surface area contributed by atoms with E-state index in [9.17, 15) is 5.11 Å². The summed E-state index contributed by atoms with van der Waals surface area (Å²) in [4.78, 5) is 2.43. The minimum absolute atomic E-state index is 0.283. The summed E-state index contributed by atoms with van der Waals surface area (Å²) in [5.74, 6) is 2.11. The van der Waals surface area contributed by atoms with E-state index in [4.69, 9.17) is 0 Å². The van der Waals surface area contributed by atoms with E-state index in [0.29, 0.717) is 0 Å². The van der Waals surface area contributed by atoms with Gasteiger partial charge < -0.3 is 20.6 Å². The van der Waals surface area contributed by atoms with Crippen molar-refractivity contribution in [2.24, 2.45) is 11.8 Å². The van der Waals surface area contributed by atoms with E-state index < -0.39 is 0 Å². The largest absolute Gasteiger partial charge is 0.495 e. The molecule has 100 valence electrons. The fourth-order valence-electron chi connectivity index (χ4n) is 3.23. The molecule has 0 aliphatic carbocycles. The maximum atomic E-state index is 9.25. The van der Waals surface area contributed by atoms with Crippen LogP contribution in [0, 0.1) is 11.8 Å². The quantitative estimate of drug-likeness (QED) is 0.703. The normalized spacial score (nSPS) is 26.1.